The minimum Gasteiger partial charge on any atom is -0.397 e. The third-order valence-corrected chi connectivity index (χ3v) is 4.47. The molecule has 4 N–H and O–H groups in total. The zero-order chi connectivity index (χ0) is 16.0. The van der Waals surface area contributed by atoms with E-state index in [4.69, 9.17) is 11.5 Å². The Bertz CT molecular complexity index is 387. The van der Waals surface area contributed by atoms with Crippen molar-refractivity contribution in [2.75, 3.05) is 11.5 Å². The number of benzene rings is 1. The molecular formula is C20H36N2. The second-order valence-electron chi connectivity index (χ2n) is 6.60. The fraction of sp³-hybridized carbons (Fsp3) is 0.700. The van der Waals surface area contributed by atoms with E-state index >= 15 is 0 Å². The number of nitrogen functional groups attached to an aromatic ring is 2. The van der Waals surface area contributed by atoms with Crippen LogP contribution in [-0.2, 0) is 6.42 Å². The number of hydrogen-bond donors (Lipinski definition) is 2. The normalized spacial score (nSPS) is 11.0. The maximum Gasteiger partial charge on any atom is 0.0550 e. The molecule has 0 saturated heterocycles. The first-order valence-corrected chi connectivity index (χ1v) is 9.38. The molecule has 0 amide bonds. The van der Waals surface area contributed by atoms with Gasteiger partial charge in [-0.1, -0.05) is 83.6 Å². The van der Waals surface area contributed by atoms with Gasteiger partial charge in [0, 0.05) is 0 Å². The summed E-state index contributed by atoms with van der Waals surface area (Å²) < 4.78 is 0. The largest absolute Gasteiger partial charge is 0.397 e. The zero-order valence-corrected chi connectivity index (χ0v) is 14.6. The standard InChI is InChI=1S/C20H36N2/c1-2-3-4-5-6-7-8-9-10-11-12-13-14-18-15-16-19(21)20(22)17-18/h15-17H,2-14,21-22H2,1H3. The molecule has 0 radical (unpaired) electrons. The predicted molar refractivity (Wildman–Crippen MR) is 100 cm³/mol. The highest BCUT2D eigenvalue weighted by Crippen LogP contribution is 2.18. The summed E-state index contributed by atoms with van der Waals surface area (Å²) >= 11 is 0. The first kappa shape index (κ1) is 18.9. The molecule has 22 heavy (non-hydrogen) atoms. The van der Waals surface area contributed by atoms with Gasteiger partial charge in [-0.15, -0.1) is 0 Å². The molecule has 126 valence electrons. The van der Waals surface area contributed by atoms with E-state index in [1.807, 2.05) is 12.1 Å². The Labute approximate surface area is 137 Å². The molecule has 0 unspecified atom stereocenters. The summed E-state index contributed by atoms with van der Waals surface area (Å²) in [7, 11) is 0. The van der Waals surface area contributed by atoms with Crippen molar-refractivity contribution in [3.63, 3.8) is 0 Å². The molecule has 0 atom stereocenters. The molecule has 0 aliphatic heterocycles. The molecular weight excluding hydrogens is 268 g/mol. The van der Waals surface area contributed by atoms with Gasteiger partial charge in [0.05, 0.1) is 11.4 Å². The highest BCUT2D eigenvalue weighted by atomic mass is 14.7. The number of aryl methyl sites for hydroxylation is 1. The van der Waals surface area contributed by atoms with Crippen molar-refractivity contribution < 1.29 is 0 Å². The summed E-state index contributed by atoms with van der Waals surface area (Å²) in [6.07, 6.45) is 17.9. The van der Waals surface area contributed by atoms with Crippen molar-refractivity contribution in [1.82, 2.24) is 0 Å². The second-order valence-corrected chi connectivity index (χ2v) is 6.60. The first-order chi connectivity index (χ1) is 10.7. The Hall–Kier alpha value is -1.18. The van der Waals surface area contributed by atoms with Crippen LogP contribution in [0.3, 0.4) is 0 Å². The Morgan fingerprint density at radius 1 is 0.636 bits per heavy atom. The lowest BCUT2D eigenvalue weighted by molar-refractivity contribution is 0.544. The van der Waals surface area contributed by atoms with Gasteiger partial charge in [0.15, 0.2) is 0 Å². The van der Waals surface area contributed by atoms with Crippen LogP contribution in [0.25, 0.3) is 0 Å². The number of unbranched alkanes of at least 4 members (excludes halogenated alkanes) is 11. The molecule has 2 nitrogen and oxygen atoms in total. The average Bonchev–Trinajstić information content (AvgIpc) is 2.52. The Balaban J connectivity index is 1.88. The summed E-state index contributed by atoms with van der Waals surface area (Å²) in [4.78, 5) is 0. The highest BCUT2D eigenvalue weighted by Gasteiger charge is 1.98. The minimum absolute atomic E-state index is 0.693. The van der Waals surface area contributed by atoms with Gasteiger partial charge in [0.1, 0.15) is 0 Å². The van der Waals surface area contributed by atoms with Crippen molar-refractivity contribution in [3.05, 3.63) is 23.8 Å². The van der Waals surface area contributed by atoms with Crippen LogP contribution in [0, 0.1) is 0 Å². The third-order valence-electron chi connectivity index (χ3n) is 4.47. The van der Waals surface area contributed by atoms with Gasteiger partial charge in [-0.05, 0) is 30.5 Å². The lowest BCUT2D eigenvalue weighted by atomic mass is 10.0. The average molecular weight is 305 g/mol. The smallest absolute Gasteiger partial charge is 0.0550 e. The maximum atomic E-state index is 5.83. The van der Waals surface area contributed by atoms with E-state index in [1.54, 1.807) is 0 Å². The van der Waals surface area contributed by atoms with Gasteiger partial charge >= 0.3 is 0 Å². The van der Waals surface area contributed by atoms with Crippen LogP contribution in [0.15, 0.2) is 18.2 Å². The third kappa shape index (κ3) is 8.96. The fourth-order valence-electron chi connectivity index (χ4n) is 2.95. The number of rotatable bonds is 13. The van der Waals surface area contributed by atoms with Crippen LogP contribution >= 0.6 is 0 Å². The Kier molecular flexibility index (Phi) is 10.6. The molecule has 1 rings (SSSR count). The highest BCUT2D eigenvalue weighted by molar-refractivity contribution is 5.63. The molecule has 1 aromatic rings. The van der Waals surface area contributed by atoms with Crippen LogP contribution in [-0.4, -0.2) is 0 Å². The Morgan fingerprint density at radius 3 is 1.64 bits per heavy atom. The molecule has 0 heterocycles. The molecule has 2 heteroatoms. The van der Waals surface area contributed by atoms with Gasteiger partial charge in [-0.25, -0.2) is 0 Å². The lowest BCUT2D eigenvalue weighted by Crippen LogP contribution is -1.96. The SMILES string of the molecule is CCCCCCCCCCCCCCc1ccc(N)c(N)c1. The van der Waals surface area contributed by atoms with Gasteiger partial charge in [0.2, 0.25) is 0 Å². The van der Waals surface area contributed by atoms with Crippen LogP contribution in [0.1, 0.15) is 89.5 Å². The van der Waals surface area contributed by atoms with Gasteiger partial charge in [-0.2, -0.15) is 0 Å². The van der Waals surface area contributed by atoms with Gasteiger partial charge < -0.3 is 11.5 Å². The van der Waals surface area contributed by atoms with Crippen molar-refractivity contribution in [2.24, 2.45) is 0 Å². The van der Waals surface area contributed by atoms with Crippen LogP contribution in [0.4, 0.5) is 11.4 Å². The van der Waals surface area contributed by atoms with Crippen molar-refractivity contribution in [2.45, 2.75) is 90.4 Å². The second kappa shape index (κ2) is 12.4. The van der Waals surface area contributed by atoms with Gasteiger partial charge in [-0.3, -0.25) is 0 Å². The van der Waals surface area contributed by atoms with E-state index < -0.39 is 0 Å². The van der Waals surface area contributed by atoms with E-state index in [0.29, 0.717) is 5.69 Å². The summed E-state index contributed by atoms with van der Waals surface area (Å²) in [6, 6.07) is 6.04. The predicted octanol–water partition coefficient (Wildman–Crippen LogP) is 6.09. The number of nitrogens with two attached hydrogens (primary N) is 2. The summed E-state index contributed by atoms with van der Waals surface area (Å²) in [5.41, 5.74) is 14.3. The van der Waals surface area contributed by atoms with E-state index in [-0.39, 0.29) is 0 Å². The Morgan fingerprint density at radius 2 is 1.14 bits per heavy atom. The topological polar surface area (TPSA) is 52.0 Å². The van der Waals surface area contributed by atoms with E-state index in [0.717, 1.165) is 12.1 Å². The van der Waals surface area contributed by atoms with Crippen LogP contribution < -0.4 is 11.5 Å². The quantitative estimate of drug-likeness (QED) is 0.342. The fourth-order valence-corrected chi connectivity index (χ4v) is 2.95. The van der Waals surface area contributed by atoms with Gasteiger partial charge in [0.25, 0.3) is 0 Å². The van der Waals surface area contributed by atoms with Crippen molar-refractivity contribution >= 4 is 11.4 Å². The molecule has 0 spiro atoms. The summed E-state index contributed by atoms with van der Waals surface area (Å²) in [5, 5.41) is 0. The zero-order valence-electron chi connectivity index (χ0n) is 14.6. The van der Waals surface area contributed by atoms with E-state index in [9.17, 15) is 0 Å². The van der Waals surface area contributed by atoms with E-state index in [1.165, 1.54) is 82.6 Å². The first-order valence-electron chi connectivity index (χ1n) is 9.38. The summed E-state index contributed by atoms with van der Waals surface area (Å²) in [6.45, 7) is 2.28. The van der Waals surface area contributed by atoms with Crippen LogP contribution in [0.2, 0.25) is 0 Å². The maximum absolute atomic E-state index is 5.83. The molecule has 0 aliphatic carbocycles. The molecule has 0 saturated carbocycles. The van der Waals surface area contributed by atoms with E-state index in [2.05, 4.69) is 13.0 Å². The molecule has 0 aliphatic rings. The number of hydrogen-bond acceptors (Lipinski definition) is 2. The molecule has 0 fully saturated rings. The van der Waals surface area contributed by atoms with Crippen molar-refractivity contribution in [1.29, 1.82) is 0 Å². The molecule has 1 aromatic carbocycles. The molecule has 0 aromatic heterocycles. The summed E-state index contributed by atoms with van der Waals surface area (Å²) in [5.74, 6) is 0. The van der Waals surface area contributed by atoms with Crippen molar-refractivity contribution in [3.8, 4) is 0 Å². The minimum atomic E-state index is 0.693. The van der Waals surface area contributed by atoms with Crippen LogP contribution in [0.5, 0.6) is 0 Å². The number of anilines is 2. The molecule has 0 bridgehead atoms. The lowest BCUT2D eigenvalue weighted by Gasteiger charge is -2.05. The monoisotopic (exact) mass is 304 g/mol.